The SMILES string of the molecule is CC(C)C(NC(=O)NC(C(=O)N1CCC[C@H]1C(=O)NC(CC1CC1)C(=O)C(N)=O)C(C)(C)C)C(=O)c1cccnc1. The number of nitrogens with two attached hydrogens (primary N) is 1. The Morgan fingerprint density at radius 2 is 1.73 bits per heavy atom. The fraction of sp³-hybridized carbons (Fsp3) is 0.621. The number of ketones is 2. The summed E-state index contributed by atoms with van der Waals surface area (Å²) in [7, 11) is 0. The van der Waals surface area contributed by atoms with Gasteiger partial charge in [-0.1, -0.05) is 47.5 Å². The first-order valence-electron chi connectivity index (χ1n) is 14.2. The lowest BCUT2D eigenvalue weighted by atomic mass is 9.85. The molecule has 12 nitrogen and oxygen atoms in total. The van der Waals surface area contributed by atoms with E-state index in [4.69, 9.17) is 5.73 Å². The molecule has 0 aromatic carbocycles. The van der Waals surface area contributed by atoms with E-state index < -0.39 is 59.1 Å². The van der Waals surface area contributed by atoms with Crippen LogP contribution in [0, 0.1) is 17.3 Å². The Morgan fingerprint density at radius 3 is 2.27 bits per heavy atom. The normalized spacial score (nSPS) is 19.2. The number of rotatable bonds is 12. The minimum absolute atomic E-state index is 0.240. The molecule has 2 heterocycles. The summed E-state index contributed by atoms with van der Waals surface area (Å²) < 4.78 is 0. The van der Waals surface area contributed by atoms with E-state index in [2.05, 4.69) is 20.9 Å². The number of aromatic nitrogens is 1. The Labute approximate surface area is 240 Å². The van der Waals surface area contributed by atoms with Crippen molar-refractivity contribution in [3.05, 3.63) is 30.1 Å². The molecule has 2 aliphatic rings. The summed E-state index contributed by atoms with van der Waals surface area (Å²) in [6.07, 6.45) is 6.07. The van der Waals surface area contributed by atoms with Crippen molar-refractivity contribution >= 4 is 35.3 Å². The summed E-state index contributed by atoms with van der Waals surface area (Å²) in [4.78, 5) is 82.6. The molecule has 3 rings (SSSR count). The van der Waals surface area contributed by atoms with Crippen molar-refractivity contribution in [3.63, 3.8) is 0 Å². The van der Waals surface area contributed by atoms with E-state index >= 15 is 0 Å². The monoisotopic (exact) mass is 570 g/mol. The molecule has 12 heteroatoms. The maximum Gasteiger partial charge on any atom is 0.316 e. The number of primary amides is 1. The highest BCUT2D eigenvalue weighted by molar-refractivity contribution is 6.37. The smallest absolute Gasteiger partial charge is 0.316 e. The van der Waals surface area contributed by atoms with Crippen LogP contribution in [0.5, 0.6) is 0 Å². The number of nitrogens with zero attached hydrogens (tertiary/aromatic N) is 2. The van der Waals surface area contributed by atoms with Gasteiger partial charge < -0.3 is 26.6 Å². The first-order chi connectivity index (χ1) is 19.2. The molecule has 1 saturated heterocycles. The Morgan fingerprint density at radius 1 is 1.05 bits per heavy atom. The number of amides is 5. The second kappa shape index (κ2) is 13.2. The van der Waals surface area contributed by atoms with Gasteiger partial charge in [-0.05, 0) is 48.6 Å². The number of hydrogen-bond donors (Lipinski definition) is 4. The van der Waals surface area contributed by atoms with Gasteiger partial charge >= 0.3 is 6.03 Å². The fourth-order valence-corrected chi connectivity index (χ4v) is 5.01. The summed E-state index contributed by atoms with van der Waals surface area (Å²) in [5.74, 6) is -3.25. The molecule has 1 aromatic rings. The molecular weight excluding hydrogens is 528 g/mol. The van der Waals surface area contributed by atoms with E-state index in [0.29, 0.717) is 24.8 Å². The van der Waals surface area contributed by atoms with Crippen LogP contribution in [-0.2, 0) is 19.2 Å². The van der Waals surface area contributed by atoms with Crippen molar-refractivity contribution < 1.29 is 28.8 Å². The number of nitrogens with one attached hydrogen (secondary N) is 3. The van der Waals surface area contributed by atoms with Gasteiger partial charge in [0.1, 0.15) is 12.1 Å². The number of hydrogen-bond acceptors (Lipinski definition) is 7. The summed E-state index contributed by atoms with van der Waals surface area (Å²) >= 11 is 0. The molecule has 41 heavy (non-hydrogen) atoms. The molecule has 4 atom stereocenters. The first-order valence-corrected chi connectivity index (χ1v) is 14.2. The molecule has 224 valence electrons. The maximum absolute atomic E-state index is 13.8. The maximum atomic E-state index is 13.8. The Bertz CT molecular complexity index is 1160. The van der Waals surface area contributed by atoms with Crippen LogP contribution in [0.2, 0.25) is 0 Å². The van der Waals surface area contributed by atoms with Gasteiger partial charge in [0.05, 0.1) is 12.1 Å². The molecule has 1 aliphatic heterocycles. The largest absolute Gasteiger partial charge is 0.363 e. The zero-order valence-corrected chi connectivity index (χ0v) is 24.4. The van der Waals surface area contributed by atoms with E-state index in [1.807, 2.05) is 0 Å². The van der Waals surface area contributed by atoms with Gasteiger partial charge in [-0.25, -0.2) is 4.79 Å². The van der Waals surface area contributed by atoms with Crippen LogP contribution in [-0.4, -0.2) is 75.9 Å². The van der Waals surface area contributed by atoms with Gasteiger partial charge in [0.15, 0.2) is 5.78 Å². The Kier molecular flexibility index (Phi) is 10.2. The summed E-state index contributed by atoms with van der Waals surface area (Å²) in [6, 6.07) is -1.20. The fourth-order valence-electron chi connectivity index (χ4n) is 5.01. The highest BCUT2D eigenvalue weighted by atomic mass is 16.2. The zero-order chi connectivity index (χ0) is 30.5. The lowest BCUT2D eigenvalue weighted by molar-refractivity contribution is -0.143. The minimum Gasteiger partial charge on any atom is -0.363 e. The number of urea groups is 1. The highest BCUT2D eigenvalue weighted by Crippen LogP contribution is 2.34. The number of likely N-dealkylation sites (tertiary alicyclic amines) is 1. The molecule has 0 radical (unpaired) electrons. The van der Waals surface area contributed by atoms with Crippen LogP contribution in [0.4, 0.5) is 4.79 Å². The quantitative estimate of drug-likeness (QED) is 0.216. The van der Waals surface area contributed by atoms with Crippen LogP contribution in [0.1, 0.15) is 77.1 Å². The van der Waals surface area contributed by atoms with Crippen molar-refractivity contribution in [2.24, 2.45) is 23.0 Å². The Hall–Kier alpha value is -3.83. The van der Waals surface area contributed by atoms with Crippen molar-refractivity contribution in [2.45, 2.75) is 90.9 Å². The summed E-state index contributed by atoms with van der Waals surface area (Å²) in [6.45, 7) is 9.27. The summed E-state index contributed by atoms with van der Waals surface area (Å²) in [5, 5.41) is 8.10. The van der Waals surface area contributed by atoms with Crippen LogP contribution >= 0.6 is 0 Å². The first kappa shape index (κ1) is 31.7. The van der Waals surface area contributed by atoms with Crippen molar-refractivity contribution in [3.8, 4) is 0 Å². The van der Waals surface area contributed by atoms with Gasteiger partial charge in [0.25, 0.3) is 5.91 Å². The number of Topliss-reactive ketones (excluding diaryl/α,β-unsaturated/α-hetero) is 2. The molecule has 0 bridgehead atoms. The molecule has 3 unspecified atom stereocenters. The molecule has 1 aliphatic carbocycles. The van der Waals surface area contributed by atoms with E-state index in [9.17, 15) is 28.8 Å². The van der Waals surface area contributed by atoms with E-state index in [0.717, 1.165) is 12.8 Å². The van der Waals surface area contributed by atoms with Gasteiger partial charge in [0, 0.05) is 24.5 Å². The zero-order valence-electron chi connectivity index (χ0n) is 24.4. The lowest BCUT2D eigenvalue weighted by Gasteiger charge is -2.36. The van der Waals surface area contributed by atoms with E-state index in [1.54, 1.807) is 52.9 Å². The third kappa shape index (κ3) is 8.34. The average molecular weight is 571 g/mol. The molecule has 5 amide bonds. The predicted octanol–water partition coefficient (Wildman–Crippen LogP) is 1.33. The topological polar surface area (TPSA) is 181 Å². The minimum atomic E-state index is -1.11. The molecule has 1 aromatic heterocycles. The van der Waals surface area contributed by atoms with Crippen molar-refractivity contribution in [1.29, 1.82) is 0 Å². The standard InChI is InChI=1S/C29H42N6O6/c1-16(2)21(22(36)18-8-6-12-31-15-18)33-28(41)34-24(29(3,4)5)27(40)35-13-7-9-20(35)26(39)32-19(14-17-10-11-17)23(37)25(30)38/h6,8,12,15-17,19-21,24H,7,9-11,13-14H2,1-5H3,(H2,30,38)(H,32,39)(H2,33,34,41)/t19?,20-,21?,24?/m0/s1. The van der Waals surface area contributed by atoms with Gasteiger partial charge in [-0.15, -0.1) is 0 Å². The van der Waals surface area contributed by atoms with Crippen LogP contribution in [0.3, 0.4) is 0 Å². The number of pyridine rings is 1. The third-order valence-corrected chi connectivity index (χ3v) is 7.55. The predicted molar refractivity (Wildman–Crippen MR) is 150 cm³/mol. The molecular formula is C29H42N6O6. The van der Waals surface area contributed by atoms with Gasteiger partial charge in [-0.3, -0.25) is 29.0 Å². The van der Waals surface area contributed by atoms with E-state index in [1.165, 1.54) is 11.1 Å². The number of carbonyl (C=O) groups excluding carboxylic acids is 6. The van der Waals surface area contributed by atoms with E-state index in [-0.39, 0.29) is 24.2 Å². The lowest BCUT2D eigenvalue weighted by Crippen LogP contribution is -2.61. The molecule has 0 spiro atoms. The molecule has 5 N–H and O–H groups in total. The second-order valence-electron chi connectivity index (χ2n) is 12.4. The van der Waals surface area contributed by atoms with Crippen molar-refractivity contribution in [1.82, 2.24) is 25.8 Å². The number of carbonyl (C=O) groups is 6. The molecule has 2 fully saturated rings. The van der Waals surface area contributed by atoms with Crippen LogP contribution in [0.25, 0.3) is 0 Å². The van der Waals surface area contributed by atoms with Gasteiger partial charge in [0.2, 0.25) is 17.6 Å². The van der Waals surface area contributed by atoms with Crippen LogP contribution < -0.4 is 21.7 Å². The second-order valence-corrected chi connectivity index (χ2v) is 12.4. The van der Waals surface area contributed by atoms with Crippen molar-refractivity contribution in [2.75, 3.05) is 6.54 Å². The Balaban J connectivity index is 1.73. The highest BCUT2D eigenvalue weighted by Gasteiger charge is 2.43. The summed E-state index contributed by atoms with van der Waals surface area (Å²) in [5.41, 5.74) is 4.82. The average Bonchev–Trinajstić information content (AvgIpc) is 3.59. The van der Waals surface area contributed by atoms with Crippen LogP contribution in [0.15, 0.2) is 24.5 Å². The third-order valence-electron chi connectivity index (χ3n) is 7.55. The molecule has 1 saturated carbocycles. The van der Waals surface area contributed by atoms with Gasteiger partial charge in [-0.2, -0.15) is 0 Å².